The van der Waals surface area contributed by atoms with Gasteiger partial charge in [0, 0.05) is 49.0 Å². The molecule has 0 unspecified atom stereocenters. The largest absolute Gasteiger partial charge is 0.416 e. The number of rotatable bonds is 5. The zero-order valence-electron chi connectivity index (χ0n) is 47.3. The van der Waals surface area contributed by atoms with Crippen molar-refractivity contribution >= 4 is 82.5 Å². The predicted molar refractivity (Wildman–Crippen MR) is 314 cm³/mol. The van der Waals surface area contributed by atoms with E-state index in [0.717, 1.165) is 45.5 Å². The molecule has 4 aromatic heterocycles. The number of alkyl halides is 18. The van der Waals surface area contributed by atoms with Crippen LogP contribution < -0.4 is 4.90 Å². The molecule has 0 atom stereocenters. The first-order valence-corrected chi connectivity index (χ1v) is 27.9. The minimum Gasteiger partial charge on any atom is -0.309 e. The number of para-hydroxylation sites is 3. The molecular weight excluding hydrogens is 1250 g/mol. The van der Waals surface area contributed by atoms with E-state index >= 15 is 79.0 Å². The van der Waals surface area contributed by atoms with E-state index in [0.29, 0.717) is 99.9 Å². The maximum Gasteiger partial charge on any atom is 0.416 e. The molecular formula is C69H36F18N6. The lowest BCUT2D eigenvalue weighted by Crippen LogP contribution is -2.31. The molecule has 5 heterocycles. The van der Waals surface area contributed by atoms with Crippen LogP contribution in [-0.4, -0.2) is 18.7 Å². The fourth-order valence-electron chi connectivity index (χ4n) is 13.0. The molecule has 0 radical (unpaired) electrons. The number of nitrogens with zero attached hydrogens (tertiary/aromatic N) is 6. The van der Waals surface area contributed by atoms with Crippen molar-refractivity contribution in [3.05, 3.63) is 232 Å². The molecule has 0 fully saturated rings. The molecule has 0 saturated heterocycles. The van der Waals surface area contributed by atoms with Crippen molar-refractivity contribution in [3.8, 4) is 34.5 Å². The normalized spacial score (nSPS) is 14.1. The number of benzene rings is 9. The van der Waals surface area contributed by atoms with Gasteiger partial charge in [-0.2, -0.15) is 84.3 Å². The SMILES string of the molecule is CC1(C)c2ccccc2N(c2ccccc2)c2c(-c3nc(-n4c5cc(C(F)(F)F)ccc5c5ccc(C(F)(F)F)cc54)c(-n4c5cc(C(F)(F)F)ccc5c5ccc(C(F)(F)F)cc54)c(C#N)c3-n3c4cc(C(F)(F)F)ccc4c4ccc(C(F)(F)F)cc43)cccc21. The average Bonchev–Trinajstić information content (AvgIpc) is 1.68. The first-order valence-electron chi connectivity index (χ1n) is 27.9. The van der Waals surface area contributed by atoms with Gasteiger partial charge in [-0.05, 0) is 102 Å². The molecule has 13 aromatic rings. The van der Waals surface area contributed by atoms with E-state index in [1.807, 2.05) is 26.0 Å². The highest BCUT2D eigenvalue weighted by Crippen LogP contribution is 2.57. The highest BCUT2D eigenvalue weighted by molar-refractivity contribution is 6.14. The molecule has 0 bridgehead atoms. The van der Waals surface area contributed by atoms with E-state index in [9.17, 15) is 5.26 Å². The summed E-state index contributed by atoms with van der Waals surface area (Å²) in [7, 11) is 0. The van der Waals surface area contributed by atoms with E-state index in [1.54, 1.807) is 59.5 Å². The zero-order valence-corrected chi connectivity index (χ0v) is 47.3. The Morgan fingerprint density at radius 2 is 0.688 bits per heavy atom. The van der Waals surface area contributed by atoms with Crippen molar-refractivity contribution < 1.29 is 79.0 Å². The second-order valence-corrected chi connectivity index (χ2v) is 22.9. The lowest BCUT2D eigenvalue weighted by atomic mass is 9.72. The number of pyridine rings is 1. The first kappa shape index (κ1) is 60.1. The number of halogens is 18. The van der Waals surface area contributed by atoms with E-state index < -0.39 is 137 Å². The Bertz CT molecular complexity index is 5140. The van der Waals surface area contributed by atoms with Gasteiger partial charge in [0.05, 0.1) is 83.5 Å². The van der Waals surface area contributed by atoms with Crippen LogP contribution in [-0.2, 0) is 42.5 Å². The van der Waals surface area contributed by atoms with Crippen LogP contribution in [0.1, 0.15) is 63.9 Å². The maximum absolute atomic E-state index is 15.3. The van der Waals surface area contributed by atoms with Gasteiger partial charge in [-0.25, -0.2) is 4.98 Å². The second-order valence-electron chi connectivity index (χ2n) is 22.9. The molecule has 468 valence electrons. The van der Waals surface area contributed by atoms with Crippen molar-refractivity contribution in [1.29, 1.82) is 5.26 Å². The van der Waals surface area contributed by atoms with Crippen LogP contribution in [0.15, 0.2) is 182 Å². The predicted octanol–water partition coefficient (Wildman–Crippen LogP) is 22.1. The van der Waals surface area contributed by atoms with Gasteiger partial charge in [0.25, 0.3) is 0 Å². The average molecular weight is 1290 g/mol. The highest BCUT2D eigenvalue weighted by Gasteiger charge is 2.43. The summed E-state index contributed by atoms with van der Waals surface area (Å²) in [6, 6.07) is 33.7. The number of anilines is 3. The number of nitriles is 1. The quantitative estimate of drug-likeness (QED) is 0.161. The van der Waals surface area contributed by atoms with Crippen LogP contribution >= 0.6 is 0 Å². The Balaban J connectivity index is 1.32. The molecule has 1 aliphatic heterocycles. The molecule has 6 nitrogen and oxygen atoms in total. The van der Waals surface area contributed by atoms with E-state index in [1.165, 1.54) is 12.1 Å². The lowest BCUT2D eigenvalue weighted by Gasteiger charge is -2.43. The Hall–Kier alpha value is -10.4. The summed E-state index contributed by atoms with van der Waals surface area (Å²) in [6.07, 6.45) is -31.5. The molecule has 0 aliphatic carbocycles. The number of hydrogen-bond acceptors (Lipinski definition) is 3. The molecule has 14 rings (SSSR count). The topological polar surface area (TPSA) is 54.7 Å². The van der Waals surface area contributed by atoms with Crippen molar-refractivity contribution in [2.24, 2.45) is 0 Å². The minimum absolute atomic E-state index is 0.124. The summed E-state index contributed by atoms with van der Waals surface area (Å²) < 4.78 is 277. The summed E-state index contributed by atoms with van der Waals surface area (Å²) in [4.78, 5) is 6.94. The number of aromatic nitrogens is 4. The smallest absolute Gasteiger partial charge is 0.309 e. The Kier molecular flexibility index (Phi) is 13.0. The van der Waals surface area contributed by atoms with Gasteiger partial charge in [0.2, 0.25) is 0 Å². The van der Waals surface area contributed by atoms with E-state index in [-0.39, 0.29) is 43.6 Å². The third kappa shape index (κ3) is 9.38. The fraction of sp³-hybridized carbons (Fsp3) is 0.130. The Morgan fingerprint density at radius 1 is 0.355 bits per heavy atom. The third-order valence-corrected chi connectivity index (χ3v) is 17.2. The van der Waals surface area contributed by atoms with E-state index in [4.69, 9.17) is 4.98 Å². The number of hydrogen-bond donors (Lipinski definition) is 0. The molecule has 0 N–H and O–H groups in total. The van der Waals surface area contributed by atoms with Crippen LogP contribution in [0.4, 0.5) is 96.1 Å². The summed E-state index contributed by atoms with van der Waals surface area (Å²) in [5.74, 6) is -0.982. The molecule has 0 spiro atoms. The van der Waals surface area contributed by atoms with Crippen molar-refractivity contribution in [2.75, 3.05) is 4.90 Å². The van der Waals surface area contributed by atoms with Crippen molar-refractivity contribution in [2.45, 2.75) is 56.3 Å². The fourth-order valence-corrected chi connectivity index (χ4v) is 13.0. The van der Waals surface area contributed by atoms with Crippen molar-refractivity contribution in [3.63, 3.8) is 0 Å². The van der Waals surface area contributed by atoms with Crippen molar-refractivity contribution in [1.82, 2.24) is 18.7 Å². The van der Waals surface area contributed by atoms with Crippen LogP contribution in [0.2, 0.25) is 0 Å². The molecule has 0 saturated carbocycles. The maximum atomic E-state index is 15.3. The Labute approximate surface area is 511 Å². The molecule has 93 heavy (non-hydrogen) atoms. The van der Waals surface area contributed by atoms with Crippen LogP contribution in [0.3, 0.4) is 0 Å². The Morgan fingerprint density at radius 3 is 1.05 bits per heavy atom. The van der Waals surface area contributed by atoms with Crippen LogP contribution in [0.5, 0.6) is 0 Å². The summed E-state index contributed by atoms with van der Waals surface area (Å²) in [5, 5.41) is 10.9. The van der Waals surface area contributed by atoms with Gasteiger partial charge in [0.1, 0.15) is 23.0 Å². The van der Waals surface area contributed by atoms with Gasteiger partial charge in [0.15, 0.2) is 5.82 Å². The summed E-state index contributed by atoms with van der Waals surface area (Å²) in [5.41, 5.74) is -15.5. The molecule has 1 aliphatic rings. The monoisotopic (exact) mass is 1290 g/mol. The van der Waals surface area contributed by atoms with Crippen LogP contribution in [0, 0.1) is 11.3 Å². The lowest BCUT2D eigenvalue weighted by molar-refractivity contribution is -0.138. The minimum atomic E-state index is -5.28. The zero-order chi connectivity index (χ0) is 66.2. The molecule has 9 aromatic carbocycles. The summed E-state index contributed by atoms with van der Waals surface area (Å²) >= 11 is 0. The van der Waals surface area contributed by atoms with Gasteiger partial charge >= 0.3 is 37.1 Å². The summed E-state index contributed by atoms with van der Waals surface area (Å²) in [6.45, 7) is 3.62. The third-order valence-electron chi connectivity index (χ3n) is 17.2. The van der Waals surface area contributed by atoms with Gasteiger partial charge < -0.3 is 14.0 Å². The first-order chi connectivity index (χ1) is 43.7. The second kappa shape index (κ2) is 20.0. The van der Waals surface area contributed by atoms with Gasteiger partial charge in [-0.1, -0.05) is 105 Å². The van der Waals surface area contributed by atoms with Gasteiger partial charge in [-0.15, -0.1) is 0 Å². The van der Waals surface area contributed by atoms with E-state index in [2.05, 4.69) is 0 Å². The van der Waals surface area contributed by atoms with Gasteiger partial charge in [-0.3, -0.25) is 4.57 Å². The number of fused-ring (bicyclic) bond motifs is 11. The standard InChI is InChI=1S/C69H36F18N6/c1-63(2)49-12-6-7-14-51(49)90(40-9-4-3-5-10-40)59-47(11-8-13-50(59)63)58-60(91-52-27-34(64(70,71)72)15-21-41(52)42-22-16-35(28-53(42)91)65(73,74)75)48(33-88)61(92-54-29-36(66(76,77)78)17-23-43(54)44-24-18-37(30-55(44)92)67(79,80)81)62(89-58)93-56-31-38(68(82,83)84)19-25-45(56)46-26-20-39(32-57(46)93)69(85,86)87/h3-32H,1-2H3. The van der Waals surface area contributed by atoms with Crippen LogP contribution in [0.25, 0.3) is 93.9 Å². The molecule has 0 amide bonds. The highest BCUT2D eigenvalue weighted by atomic mass is 19.4. The molecule has 24 heteroatoms.